The monoisotopic (exact) mass is 297 g/mol. The van der Waals surface area contributed by atoms with Crippen LogP contribution in [0.1, 0.15) is 0 Å². The molecule has 1 amide bonds. The third kappa shape index (κ3) is 3.23. The highest BCUT2D eigenvalue weighted by atomic mass is 16.2. The lowest BCUT2D eigenvalue weighted by atomic mass is 10.2. The molecule has 0 atom stereocenters. The van der Waals surface area contributed by atoms with Gasteiger partial charge >= 0.3 is 0 Å². The Kier molecular flexibility index (Phi) is 4.02. The first-order valence-electron chi connectivity index (χ1n) is 7.28. The molecule has 6 nitrogen and oxygen atoms in total. The van der Waals surface area contributed by atoms with E-state index < -0.39 is 0 Å². The molecule has 1 N–H and O–H groups in total. The van der Waals surface area contributed by atoms with Gasteiger partial charge in [-0.3, -0.25) is 10.1 Å². The molecule has 114 valence electrons. The zero-order chi connectivity index (χ0) is 15.5. The van der Waals surface area contributed by atoms with E-state index in [9.17, 15) is 4.79 Å². The summed E-state index contributed by atoms with van der Waals surface area (Å²) in [6, 6.07) is 7.97. The second-order valence-electron chi connectivity index (χ2n) is 5.48. The number of benzene rings is 1. The molecule has 0 radical (unpaired) electrons. The molecule has 1 fully saturated rings. The largest absolute Gasteiger partial charge is 0.369 e. The number of anilines is 1. The van der Waals surface area contributed by atoms with E-state index in [-0.39, 0.29) is 5.91 Å². The van der Waals surface area contributed by atoms with Crippen LogP contribution in [-0.4, -0.2) is 56.2 Å². The van der Waals surface area contributed by atoms with Crippen LogP contribution in [0.4, 0.5) is 11.4 Å². The molecule has 0 aromatic heterocycles. The third-order valence-electron chi connectivity index (χ3n) is 3.79. The standard InChI is InChI=1S/C16H19N5O/c1-12-11-17-16(19-15(12)22)18-13-4-3-5-14(10-13)21-8-6-20(2)7-9-21/h3-5,10-11H,1,6-9H2,2H3,(H,18,19,22). The van der Waals surface area contributed by atoms with Crippen LogP contribution in [0.2, 0.25) is 0 Å². The summed E-state index contributed by atoms with van der Waals surface area (Å²) in [4.78, 5) is 24.7. The highest BCUT2D eigenvalue weighted by Gasteiger charge is 2.15. The van der Waals surface area contributed by atoms with E-state index in [2.05, 4.69) is 44.8 Å². The van der Waals surface area contributed by atoms with Crippen LogP contribution in [0.15, 0.2) is 46.4 Å². The first kappa shape index (κ1) is 14.5. The van der Waals surface area contributed by atoms with E-state index >= 15 is 0 Å². The van der Waals surface area contributed by atoms with Crippen LogP contribution < -0.4 is 10.2 Å². The topological polar surface area (TPSA) is 60.3 Å². The number of guanidine groups is 1. The molecule has 2 aliphatic heterocycles. The summed E-state index contributed by atoms with van der Waals surface area (Å²) in [6.07, 6.45) is 1.43. The van der Waals surface area contributed by atoms with Crippen molar-refractivity contribution in [1.29, 1.82) is 0 Å². The third-order valence-corrected chi connectivity index (χ3v) is 3.79. The molecule has 0 unspecified atom stereocenters. The summed E-state index contributed by atoms with van der Waals surface area (Å²) < 4.78 is 0. The molecule has 1 aromatic rings. The van der Waals surface area contributed by atoms with E-state index in [0.717, 1.165) is 37.6 Å². The number of aliphatic imine (C=N–C) groups is 2. The van der Waals surface area contributed by atoms with Gasteiger partial charge in [-0.1, -0.05) is 12.6 Å². The van der Waals surface area contributed by atoms with Crippen molar-refractivity contribution < 1.29 is 4.79 Å². The summed E-state index contributed by atoms with van der Waals surface area (Å²) in [5.41, 5.74) is 2.26. The highest BCUT2D eigenvalue weighted by molar-refractivity contribution is 6.22. The molecule has 0 spiro atoms. The number of hydrogen-bond donors (Lipinski definition) is 1. The summed E-state index contributed by atoms with van der Waals surface area (Å²) in [6.45, 7) is 7.71. The first-order valence-corrected chi connectivity index (χ1v) is 7.28. The number of rotatable bonds is 2. The van der Waals surface area contributed by atoms with Crippen molar-refractivity contribution in [2.75, 3.05) is 38.1 Å². The average Bonchev–Trinajstić information content (AvgIpc) is 2.52. The van der Waals surface area contributed by atoms with Gasteiger partial charge in [0.2, 0.25) is 5.96 Å². The van der Waals surface area contributed by atoms with Crippen LogP contribution in [0.25, 0.3) is 0 Å². The predicted molar refractivity (Wildman–Crippen MR) is 89.0 cm³/mol. The Labute approximate surface area is 129 Å². The Bertz CT molecular complexity index is 656. The molecular formula is C16H19N5O. The van der Waals surface area contributed by atoms with Gasteiger partial charge in [-0.05, 0) is 25.2 Å². The van der Waals surface area contributed by atoms with E-state index in [4.69, 9.17) is 0 Å². The fraction of sp³-hybridized carbons (Fsp3) is 0.312. The minimum absolute atomic E-state index is 0.260. The molecule has 0 aliphatic carbocycles. The van der Waals surface area contributed by atoms with Gasteiger partial charge in [0, 0.05) is 38.1 Å². The van der Waals surface area contributed by atoms with Crippen molar-refractivity contribution in [3.8, 4) is 0 Å². The minimum Gasteiger partial charge on any atom is -0.369 e. The van der Waals surface area contributed by atoms with Crippen LogP contribution >= 0.6 is 0 Å². The number of likely N-dealkylation sites (N-methyl/N-ethyl adjacent to an activating group) is 1. The van der Waals surface area contributed by atoms with Crippen LogP contribution in [0.3, 0.4) is 0 Å². The molecule has 6 heteroatoms. The van der Waals surface area contributed by atoms with Crippen molar-refractivity contribution in [2.45, 2.75) is 0 Å². The van der Waals surface area contributed by atoms with Crippen molar-refractivity contribution >= 4 is 29.5 Å². The van der Waals surface area contributed by atoms with Crippen molar-refractivity contribution in [2.24, 2.45) is 9.98 Å². The number of amides is 1. The Hall–Kier alpha value is -2.47. The lowest BCUT2D eigenvalue weighted by Gasteiger charge is -2.34. The van der Waals surface area contributed by atoms with E-state index in [1.54, 1.807) is 0 Å². The Morgan fingerprint density at radius 2 is 2.05 bits per heavy atom. The van der Waals surface area contributed by atoms with E-state index in [0.29, 0.717) is 11.5 Å². The maximum absolute atomic E-state index is 11.5. The van der Waals surface area contributed by atoms with Gasteiger partial charge < -0.3 is 9.80 Å². The van der Waals surface area contributed by atoms with Gasteiger partial charge in [-0.2, -0.15) is 0 Å². The Morgan fingerprint density at radius 1 is 1.27 bits per heavy atom. The fourth-order valence-corrected chi connectivity index (χ4v) is 2.41. The maximum atomic E-state index is 11.5. The fourth-order valence-electron chi connectivity index (χ4n) is 2.41. The molecule has 2 aliphatic rings. The molecule has 1 aromatic carbocycles. The molecule has 3 rings (SSSR count). The molecule has 1 saturated heterocycles. The second kappa shape index (κ2) is 6.11. The van der Waals surface area contributed by atoms with Crippen molar-refractivity contribution in [3.63, 3.8) is 0 Å². The van der Waals surface area contributed by atoms with Crippen LogP contribution in [0, 0.1) is 0 Å². The van der Waals surface area contributed by atoms with E-state index in [1.165, 1.54) is 6.21 Å². The van der Waals surface area contributed by atoms with Crippen LogP contribution in [-0.2, 0) is 4.79 Å². The molecule has 0 saturated carbocycles. The van der Waals surface area contributed by atoms with E-state index in [1.807, 2.05) is 18.2 Å². The van der Waals surface area contributed by atoms with Crippen molar-refractivity contribution in [3.05, 3.63) is 36.4 Å². The molecule has 0 bridgehead atoms. The summed E-state index contributed by atoms with van der Waals surface area (Å²) in [5.74, 6) is 0.0388. The highest BCUT2D eigenvalue weighted by Crippen LogP contribution is 2.23. The second-order valence-corrected chi connectivity index (χ2v) is 5.48. The summed E-state index contributed by atoms with van der Waals surface area (Å²) in [5, 5.41) is 2.61. The Balaban J connectivity index is 1.78. The number of nitrogens with one attached hydrogen (secondary N) is 1. The summed E-state index contributed by atoms with van der Waals surface area (Å²) in [7, 11) is 2.14. The zero-order valence-electron chi connectivity index (χ0n) is 12.6. The van der Waals surface area contributed by atoms with Gasteiger partial charge in [0.15, 0.2) is 0 Å². The van der Waals surface area contributed by atoms with Crippen molar-refractivity contribution in [1.82, 2.24) is 10.2 Å². The number of hydrogen-bond acceptors (Lipinski definition) is 4. The zero-order valence-corrected chi connectivity index (χ0v) is 12.6. The first-order chi connectivity index (χ1) is 10.6. The van der Waals surface area contributed by atoms with Gasteiger partial charge in [0.1, 0.15) is 0 Å². The van der Waals surface area contributed by atoms with Gasteiger partial charge in [0.25, 0.3) is 5.91 Å². The number of carbonyl (C=O) groups excluding carboxylic acids is 1. The lowest BCUT2D eigenvalue weighted by molar-refractivity contribution is -0.115. The average molecular weight is 297 g/mol. The normalized spacial score (nSPS) is 21.3. The molecule has 2 heterocycles. The smallest absolute Gasteiger partial charge is 0.258 e. The minimum atomic E-state index is -0.260. The number of nitrogens with zero attached hydrogens (tertiary/aromatic N) is 4. The SMILES string of the molecule is C=C1C=NC(=Nc2cccc(N3CCN(C)CC3)c2)NC1=O. The van der Waals surface area contributed by atoms with Gasteiger partial charge in [-0.15, -0.1) is 0 Å². The van der Waals surface area contributed by atoms with Crippen LogP contribution in [0.5, 0.6) is 0 Å². The Morgan fingerprint density at radius 3 is 2.77 bits per heavy atom. The predicted octanol–water partition coefficient (Wildman–Crippen LogP) is 1.18. The van der Waals surface area contributed by atoms with Gasteiger partial charge in [-0.25, -0.2) is 9.98 Å². The summed E-state index contributed by atoms with van der Waals surface area (Å²) >= 11 is 0. The quantitative estimate of drug-likeness (QED) is 0.834. The number of carbonyl (C=O) groups is 1. The lowest BCUT2D eigenvalue weighted by Crippen LogP contribution is -2.44. The number of piperazine rings is 1. The molecule has 22 heavy (non-hydrogen) atoms. The maximum Gasteiger partial charge on any atom is 0.258 e. The van der Waals surface area contributed by atoms with Gasteiger partial charge in [0.05, 0.1) is 11.3 Å². The molecular weight excluding hydrogens is 278 g/mol.